The zero-order valence-electron chi connectivity index (χ0n) is 21.4. The van der Waals surface area contributed by atoms with Crippen LogP contribution in [0.1, 0.15) is 64.4 Å². The van der Waals surface area contributed by atoms with Crippen molar-refractivity contribution in [1.29, 1.82) is 0 Å². The number of methoxy groups -OCH3 is 1. The first-order valence-electron chi connectivity index (χ1n) is 12.9. The third kappa shape index (κ3) is 6.51. The van der Waals surface area contributed by atoms with E-state index >= 15 is 0 Å². The van der Waals surface area contributed by atoms with E-state index < -0.39 is 0 Å². The maximum Gasteiger partial charge on any atom is 0.326 e. The molecule has 1 aromatic heterocycles. The van der Waals surface area contributed by atoms with Crippen LogP contribution < -0.4 is 10.1 Å². The zero-order valence-corrected chi connectivity index (χ0v) is 21.4. The van der Waals surface area contributed by atoms with Gasteiger partial charge in [-0.15, -0.1) is 0 Å². The van der Waals surface area contributed by atoms with Crippen molar-refractivity contribution < 1.29 is 9.53 Å². The van der Waals surface area contributed by atoms with Gasteiger partial charge >= 0.3 is 6.03 Å². The standard InChI is InChI=1S/C25H38N4O2.C2H6/c1-27(2)16-13-19-18-29(24-12-11-22(31-3)17-23(19)24)25(30)26-20-7-9-21(10-8-20)28-14-5-4-6-15-28;1-2/h11-12,17-18,20-21H,4-10,13-16H2,1-3H3,(H,26,30);1-2H3. The van der Waals surface area contributed by atoms with Gasteiger partial charge < -0.3 is 19.9 Å². The predicted molar refractivity (Wildman–Crippen MR) is 137 cm³/mol. The van der Waals surface area contributed by atoms with Crippen molar-refractivity contribution in [3.05, 3.63) is 30.0 Å². The number of benzene rings is 1. The molecule has 0 spiro atoms. The molecule has 184 valence electrons. The smallest absolute Gasteiger partial charge is 0.326 e. The van der Waals surface area contributed by atoms with Crippen LogP contribution in [-0.2, 0) is 6.42 Å². The quantitative estimate of drug-likeness (QED) is 0.654. The van der Waals surface area contributed by atoms with E-state index in [0.717, 1.165) is 42.5 Å². The molecular formula is C27H44N4O2. The highest BCUT2D eigenvalue weighted by atomic mass is 16.5. The van der Waals surface area contributed by atoms with Gasteiger partial charge in [-0.1, -0.05) is 20.3 Å². The van der Waals surface area contributed by atoms with E-state index in [4.69, 9.17) is 4.74 Å². The van der Waals surface area contributed by atoms with Crippen LogP contribution in [0.2, 0.25) is 0 Å². The summed E-state index contributed by atoms with van der Waals surface area (Å²) in [6.45, 7) is 7.46. The van der Waals surface area contributed by atoms with Crippen LogP contribution in [0.5, 0.6) is 5.75 Å². The Kier molecular flexibility index (Phi) is 9.63. The molecule has 1 aliphatic carbocycles. The number of hydrogen-bond acceptors (Lipinski definition) is 4. The van der Waals surface area contributed by atoms with Crippen LogP contribution >= 0.6 is 0 Å². The summed E-state index contributed by atoms with van der Waals surface area (Å²) in [5, 5.41) is 4.42. The fourth-order valence-electron chi connectivity index (χ4n) is 5.23. The molecule has 2 heterocycles. The highest BCUT2D eigenvalue weighted by Crippen LogP contribution is 2.28. The lowest BCUT2D eigenvalue weighted by Crippen LogP contribution is -2.46. The second kappa shape index (κ2) is 12.4. The molecule has 1 aliphatic heterocycles. The van der Waals surface area contributed by atoms with Gasteiger partial charge in [-0.25, -0.2) is 4.79 Å². The Bertz CT molecular complexity index is 878. The van der Waals surface area contributed by atoms with Gasteiger partial charge in [0, 0.05) is 30.2 Å². The topological polar surface area (TPSA) is 49.7 Å². The lowest BCUT2D eigenvalue weighted by molar-refractivity contribution is 0.121. The minimum absolute atomic E-state index is 0.00677. The Hall–Kier alpha value is -2.05. The van der Waals surface area contributed by atoms with Crippen LogP contribution in [0.3, 0.4) is 0 Å². The molecule has 0 radical (unpaired) electrons. The molecule has 2 aromatic rings. The molecule has 6 heteroatoms. The number of rotatable bonds is 6. The number of carbonyl (C=O) groups is 1. The van der Waals surface area contributed by atoms with Gasteiger partial charge in [-0.05, 0) is 95.9 Å². The van der Waals surface area contributed by atoms with Gasteiger partial charge in [0.25, 0.3) is 0 Å². The first-order chi connectivity index (χ1) is 16.0. The Morgan fingerprint density at radius 1 is 1.09 bits per heavy atom. The van der Waals surface area contributed by atoms with Crippen LogP contribution in [0.25, 0.3) is 10.9 Å². The molecule has 1 amide bonds. The molecule has 2 aliphatic rings. The third-order valence-electron chi connectivity index (χ3n) is 7.07. The highest BCUT2D eigenvalue weighted by Gasteiger charge is 2.28. The van der Waals surface area contributed by atoms with E-state index in [1.54, 1.807) is 11.7 Å². The largest absolute Gasteiger partial charge is 0.497 e. The Labute approximate surface area is 200 Å². The molecule has 33 heavy (non-hydrogen) atoms. The molecule has 1 saturated carbocycles. The molecule has 1 N–H and O–H groups in total. The van der Waals surface area contributed by atoms with Crippen molar-refractivity contribution in [1.82, 2.24) is 19.7 Å². The van der Waals surface area contributed by atoms with E-state index in [1.807, 2.05) is 38.2 Å². The van der Waals surface area contributed by atoms with Crippen molar-refractivity contribution in [2.45, 2.75) is 77.3 Å². The number of amides is 1. The third-order valence-corrected chi connectivity index (χ3v) is 7.07. The number of aromatic nitrogens is 1. The van der Waals surface area contributed by atoms with Gasteiger partial charge in [0.15, 0.2) is 0 Å². The number of ether oxygens (including phenoxy) is 1. The first-order valence-corrected chi connectivity index (χ1v) is 12.9. The molecule has 0 unspecified atom stereocenters. The fraction of sp³-hybridized carbons (Fsp3) is 0.667. The Morgan fingerprint density at radius 2 is 1.79 bits per heavy atom. The maximum atomic E-state index is 13.2. The van der Waals surface area contributed by atoms with Crippen LogP contribution in [-0.4, -0.2) is 73.3 Å². The summed E-state index contributed by atoms with van der Waals surface area (Å²) in [6, 6.07) is 6.97. The summed E-state index contributed by atoms with van der Waals surface area (Å²) >= 11 is 0. The molecule has 4 rings (SSSR count). The molecular weight excluding hydrogens is 412 g/mol. The maximum absolute atomic E-state index is 13.2. The zero-order chi connectivity index (χ0) is 23.8. The lowest BCUT2D eigenvalue weighted by Gasteiger charge is -2.39. The van der Waals surface area contributed by atoms with Crippen LogP contribution in [0.4, 0.5) is 4.79 Å². The average molecular weight is 457 g/mol. The van der Waals surface area contributed by atoms with Crippen molar-refractivity contribution in [2.75, 3.05) is 40.8 Å². The highest BCUT2D eigenvalue weighted by molar-refractivity contribution is 5.94. The Balaban J connectivity index is 0.00000149. The van der Waals surface area contributed by atoms with Crippen molar-refractivity contribution in [2.24, 2.45) is 0 Å². The number of piperidine rings is 1. The first kappa shape index (κ1) is 25.6. The molecule has 1 aromatic carbocycles. The number of nitrogens with one attached hydrogen (secondary N) is 1. The number of likely N-dealkylation sites (N-methyl/N-ethyl adjacent to an activating group) is 1. The lowest BCUT2D eigenvalue weighted by atomic mass is 9.89. The summed E-state index contributed by atoms with van der Waals surface area (Å²) in [4.78, 5) is 18.1. The molecule has 0 bridgehead atoms. The normalized spacial score (nSPS) is 21.5. The van der Waals surface area contributed by atoms with E-state index in [1.165, 1.54) is 50.8 Å². The summed E-state index contributed by atoms with van der Waals surface area (Å²) in [5.74, 6) is 0.827. The number of likely N-dealkylation sites (tertiary alicyclic amines) is 1. The average Bonchev–Trinajstić information content (AvgIpc) is 3.23. The minimum Gasteiger partial charge on any atom is -0.497 e. The minimum atomic E-state index is -0.00677. The van der Waals surface area contributed by atoms with E-state index in [0.29, 0.717) is 6.04 Å². The van der Waals surface area contributed by atoms with Crippen LogP contribution in [0, 0.1) is 0 Å². The number of hydrogen-bond donors (Lipinski definition) is 1. The number of nitrogens with zero attached hydrogens (tertiary/aromatic N) is 3. The van der Waals surface area contributed by atoms with Gasteiger partial charge in [-0.2, -0.15) is 0 Å². The van der Waals surface area contributed by atoms with Crippen molar-refractivity contribution >= 4 is 16.9 Å². The summed E-state index contributed by atoms with van der Waals surface area (Å²) in [5.41, 5.74) is 2.14. The molecule has 1 saturated heterocycles. The summed E-state index contributed by atoms with van der Waals surface area (Å²) in [7, 11) is 5.84. The number of carbonyl (C=O) groups excluding carboxylic acids is 1. The van der Waals surface area contributed by atoms with Gasteiger partial charge in [0.2, 0.25) is 0 Å². The Morgan fingerprint density at radius 3 is 2.42 bits per heavy atom. The van der Waals surface area contributed by atoms with E-state index in [9.17, 15) is 4.79 Å². The second-order valence-corrected chi connectivity index (χ2v) is 9.51. The molecule has 0 atom stereocenters. The van der Waals surface area contributed by atoms with Crippen molar-refractivity contribution in [3.8, 4) is 5.75 Å². The van der Waals surface area contributed by atoms with E-state index in [-0.39, 0.29) is 12.1 Å². The predicted octanol–water partition coefficient (Wildman–Crippen LogP) is 5.14. The van der Waals surface area contributed by atoms with Gasteiger partial charge in [0.05, 0.1) is 12.6 Å². The fourth-order valence-corrected chi connectivity index (χ4v) is 5.23. The van der Waals surface area contributed by atoms with Crippen molar-refractivity contribution in [3.63, 3.8) is 0 Å². The van der Waals surface area contributed by atoms with Gasteiger partial charge in [0.1, 0.15) is 5.75 Å². The summed E-state index contributed by atoms with van der Waals surface area (Å²) < 4.78 is 7.23. The van der Waals surface area contributed by atoms with E-state index in [2.05, 4.69) is 29.2 Å². The number of fused-ring (bicyclic) bond motifs is 1. The SMILES string of the molecule is CC.COc1ccc2c(c1)c(CCN(C)C)cn2C(=O)NC1CCC(N2CCCCC2)CC1. The molecule has 2 fully saturated rings. The van der Waals surface area contributed by atoms with Crippen LogP contribution in [0.15, 0.2) is 24.4 Å². The monoisotopic (exact) mass is 456 g/mol. The van der Waals surface area contributed by atoms with Gasteiger partial charge in [-0.3, -0.25) is 4.57 Å². The second-order valence-electron chi connectivity index (χ2n) is 9.51. The molecule has 6 nitrogen and oxygen atoms in total. The summed E-state index contributed by atoms with van der Waals surface area (Å²) in [6.07, 6.45) is 11.5.